The van der Waals surface area contributed by atoms with E-state index >= 15 is 0 Å². The number of ether oxygens (including phenoxy) is 1. The summed E-state index contributed by atoms with van der Waals surface area (Å²) >= 11 is 0. The van der Waals surface area contributed by atoms with Gasteiger partial charge in [0.15, 0.2) is 12.4 Å². The van der Waals surface area contributed by atoms with Crippen LogP contribution in [-0.4, -0.2) is 33.3 Å². The molecule has 0 unspecified atom stereocenters. The largest absolute Gasteiger partial charge is 0.456 e. The Morgan fingerprint density at radius 2 is 1.81 bits per heavy atom. The Hall–Kier alpha value is -2.84. The van der Waals surface area contributed by atoms with E-state index in [1.54, 1.807) is 30.3 Å². The van der Waals surface area contributed by atoms with Crippen LogP contribution in [0.3, 0.4) is 0 Å². The molecule has 6 nitrogen and oxygen atoms in total. The summed E-state index contributed by atoms with van der Waals surface area (Å²) in [6, 6.07) is 13.7. The summed E-state index contributed by atoms with van der Waals surface area (Å²) in [4.78, 5) is 23.3. The average molecular weight is 377 g/mol. The zero-order chi connectivity index (χ0) is 19.0. The van der Waals surface area contributed by atoms with Gasteiger partial charge in [0, 0.05) is 11.0 Å². The van der Waals surface area contributed by atoms with Crippen LogP contribution in [0.5, 0.6) is 0 Å². The van der Waals surface area contributed by atoms with Crippen LogP contribution >= 0.6 is 0 Å². The zero-order valence-corrected chi connectivity index (χ0v) is 14.4. The quantitative estimate of drug-likeness (QED) is 0.562. The predicted octanol–water partition coefficient (Wildman–Crippen LogP) is 2.14. The van der Waals surface area contributed by atoms with Gasteiger partial charge in [0.1, 0.15) is 12.4 Å². The number of benzene rings is 2. The summed E-state index contributed by atoms with van der Waals surface area (Å²) in [7, 11) is -3.84. The van der Waals surface area contributed by atoms with Gasteiger partial charge in [0.25, 0.3) is 0 Å². The van der Waals surface area contributed by atoms with Gasteiger partial charge >= 0.3 is 5.97 Å². The second-order valence-corrected chi connectivity index (χ2v) is 6.82. The molecule has 8 heteroatoms. The van der Waals surface area contributed by atoms with Gasteiger partial charge in [-0.05, 0) is 23.8 Å². The van der Waals surface area contributed by atoms with Gasteiger partial charge in [-0.1, -0.05) is 42.5 Å². The molecule has 0 atom stereocenters. The maximum absolute atomic E-state index is 13.0. The maximum atomic E-state index is 13.0. The van der Waals surface area contributed by atoms with Crippen molar-refractivity contribution in [3.63, 3.8) is 0 Å². The lowest BCUT2D eigenvalue weighted by atomic mass is 10.1. The third-order valence-electron chi connectivity index (χ3n) is 3.17. The molecule has 0 saturated carbocycles. The van der Waals surface area contributed by atoms with Gasteiger partial charge in [-0.15, -0.1) is 0 Å². The first-order valence-corrected chi connectivity index (χ1v) is 9.07. The van der Waals surface area contributed by atoms with Crippen LogP contribution in [0.4, 0.5) is 4.39 Å². The fourth-order valence-corrected chi connectivity index (χ4v) is 2.63. The summed E-state index contributed by atoms with van der Waals surface area (Å²) in [5.41, 5.74) is 0.741. The highest BCUT2D eigenvalue weighted by molar-refractivity contribution is 7.92. The molecule has 0 amide bonds. The van der Waals surface area contributed by atoms with Crippen molar-refractivity contribution in [2.45, 2.75) is 0 Å². The Labute approximate surface area is 150 Å². The molecule has 0 aliphatic carbocycles. The molecular weight excluding hydrogens is 361 g/mol. The lowest BCUT2D eigenvalue weighted by Gasteiger charge is -2.05. The Bertz CT molecular complexity index is 910. The van der Waals surface area contributed by atoms with Crippen LogP contribution in [0.2, 0.25) is 0 Å². The molecular formula is C18H16FNO5S. The lowest BCUT2D eigenvalue weighted by molar-refractivity contribution is -0.141. The van der Waals surface area contributed by atoms with E-state index in [4.69, 9.17) is 4.74 Å². The van der Waals surface area contributed by atoms with Gasteiger partial charge in [-0.3, -0.25) is 9.59 Å². The molecule has 0 aliphatic heterocycles. The number of Topliss-reactive ketones (excluding diaryl/α,β-unsaturated/α-hetero) is 1. The van der Waals surface area contributed by atoms with Gasteiger partial charge in [-0.2, -0.15) is 0 Å². The number of carbonyl (C=O) groups is 2. The first kappa shape index (κ1) is 19.5. The molecule has 1 N–H and O–H groups in total. The minimum Gasteiger partial charge on any atom is -0.456 e. The number of halogens is 1. The van der Waals surface area contributed by atoms with Crippen molar-refractivity contribution in [2.75, 3.05) is 13.2 Å². The Kier molecular flexibility index (Phi) is 6.76. The van der Waals surface area contributed by atoms with Crippen molar-refractivity contribution in [1.29, 1.82) is 0 Å². The van der Waals surface area contributed by atoms with E-state index in [0.29, 0.717) is 5.56 Å². The minimum atomic E-state index is -3.84. The van der Waals surface area contributed by atoms with Crippen LogP contribution in [-0.2, 0) is 19.6 Å². The lowest BCUT2D eigenvalue weighted by Crippen LogP contribution is -2.30. The Morgan fingerprint density at radius 1 is 1.08 bits per heavy atom. The standard InChI is InChI=1S/C18H16FNO5S/c19-16-8-4-7-15(11-16)17(21)13-25-18(22)12-20-26(23,24)10-9-14-5-2-1-3-6-14/h1-11,20H,12-13H2/b10-9+. The van der Waals surface area contributed by atoms with Crippen molar-refractivity contribution in [1.82, 2.24) is 4.72 Å². The normalized spacial score (nSPS) is 11.4. The van der Waals surface area contributed by atoms with E-state index in [2.05, 4.69) is 0 Å². The van der Waals surface area contributed by atoms with Gasteiger partial charge in [0.2, 0.25) is 10.0 Å². The number of nitrogens with one attached hydrogen (secondary N) is 1. The zero-order valence-electron chi connectivity index (χ0n) is 13.6. The maximum Gasteiger partial charge on any atom is 0.321 e. The average Bonchev–Trinajstić information content (AvgIpc) is 2.64. The highest BCUT2D eigenvalue weighted by atomic mass is 32.2. The SMILES string of the molecule is O=C(CNS(=O)(=O)/C=C/c1ccccc1)OCC(=O)c1cccc(F)c1. The number of sulfonamides is 1. The number of hydrogen-bond acceptors (Lipinski definition) is 5. The van der Waals surface area contributed by atoms with E-state index in [1.165, 1.54) is 24.3 Å². The number of ketones is 1. The van der Waals surface area contributed by atoms with Crippen LogP contribution in [0, 0.1) is 5.82 Å². The van der Waals surface area contributed by atoms with Gasteiger partial charge < -0.3 is 4.74 Å². The van der Waals surface area contributed by atoms with Crippen LogP contribution < -0.4 is 4.72 Å². The van der Waals surface area contributed by atoms with E-state index in [-0.39, 0.29) is 5.56 Å². The van der Waals surface area contributed by atoms with Crippen molar-refractivity contribution in [3.8, 4) is 0 Å². The summed E-state index contributed by atoms with van der Waals surface area (Å²) in [5, 5.41) is 0.924. The van der Waals surface area contributed by atoms with Crippen LogP contribution in [0.1, 0.15) is 15.9 Å². The molecule has 136 valence electrons. The van der Waals surface area contributed by atoms with E-state index < -0.39 is 40.7 Å². The summed E-state index contributed by atoms with van der Waals surface area (Å²) in [5.74, 6) is -2.10. The van der Waals surface area contributed by atoms with Crippen molar-refractivity contribution < 1.29 is 27.1 Å². The molecule has 0 radical (unpaired) electrons. The minimum absolute atomic E-state index is 0.0594. The summed E-state index contributed by atoms with van der Waals surface area (Å²) < 4.78 is 43.3. The summed E-state index contributed by atoms with van der Waals surface area (Å²) in [6.45, 7) is -1.23. The topological polar surface area (TPSA) is 89.5 Å². The molecule has 0 saturated heterocycles. The second kappa shape index (κ2) is 9.02. The predicted molar refractivity (Wildman–Crippen MR) is 94.1 cm³/mol. The van der Waals surface area contributed by atoms with Gasteiger partial charge in [0.05, 0.1) is 0 Å². The molecule has 0 aromatic heterocycles. The number of rotatable bonds is 8. The number of hydrogen-bond donors (Lipinski definition) is 1. The highest BCUT2D eigenvalue weighted by Crippen LogP contribution is 2.05. The van der Waals surface area contributed by atoms with E-state index in [0.717, 1.165) is 11.5 Å². The van der Waals surface area contributed by atoms with E-state index in [1.807, 2.05) is 4.72 Å². The molecule has 0 heterocycles. The monoisotopic (exact) mass is 377 g/mol. The van der Waals surface area contributed by atoms with Crippen molar-refractivity contribution in [3.05, 3.63) is 76.9 Å². The highest BCUT2D eigenvalue weighted by Gasteiger charge is 2.13. The Balaban J connectivity index is 1.80. The molecule has 0 bridgehead atoms. The first-order chi connectivity index (χ1) is 12.4. The van der Waals surface area contributed by atoms with Crippen molar-refractivity contribution in [2.24, 2.45) is 0 Å². The van der Waals surface area contributed by atoms with Crippen LogP contribution in [0.25, 0.3) is 6.08 Å². The molecule has 2 rings (SSSR count). The first-order valence-electron chi connectivity index (χ1n) is 7.53. The molecule has 0 spiro atoms. The molecule has 26 heavy (non-hydrogen) atoms. The number of esters is 1. The molecule has 2 aromatic rings. The van der Waals surface area contributed by atoms with Gasteiger partial charge in [-0.25, -0.2) is 17.5 Å². The fraction of sp³-hybridized carbons (Fsp3) is 0.111. The summed E-state index contributed by atoms with van der Waals surface area (Å²) in [6.07, 6.45) is 1.38. The second-order valence-electron chi connectivity index (χ2n) is 5.17. The third-order valence-corrected chi connectivity index (χ3v) is 4.21. The van der Waals surface area contributed by atoms with Crippen LogP contribution in [0.15, 0.2) is 60.0 Å². The molecule has 0 fully saturated rings. The molecule has 2 aromatic carbocycles. The molecule has 0 aliphatic rings. The van der Waals surface area contributed by atoms with Crippen molar-refractivity contribution >= 4 is 27.9 Å². The third kappa shape index (κ3) is 6.58. The fourth-order valence-electron chi connectivity index (χ4n) is 1.88. The Morgan fingerprint density at radius 3 is 2.50 bits per heavy atom. The number of carbonyl (C=O) groups excluding carboxylic acids is 2. The smallest absolute Gasteiger partial charge is 0.321 e. The van der Waals surface area contributed by atoms with E-state index in [9.17, 15) is 22.4 Å².